The molecule has 1 amide bonds. The third kappa shape index (κ3) is 6.22. The summed E-state index contributed by atoms with van der Waals surface area (Å²) in [5, 5.41) is 31.8. The molecule has 1 aromatic rings. The molecule has 0 spiro atoms. The van der Waals surface area contributed by atoms with E-state index in [1.807, 2.05) is 30.3 Å². The van der Waals surface area contributed by atoms with Crippen LogP contribution in [-0.4, -0.2) is 65.3 Å². The monoisotopic (exact) mass is 369 g/mol. The molecular formula is C18H27NO7. The summed E-state index contributed by atoms with van der Waals surface area (Å²) in [6.07, 6.45) is -4.55. The second-order valence-electron chi connectivity index (χ2n) is 6.25. The molecule has 1 aromatic carbocycles. The van der Waals surface area contributed by atoms with Crippen LogP contribution in [0.3, 0.4) is 0 Å². The fourth-order valence-corrected chi connectivity index (χ4v) is 2.54. The van der Waals surface area contributed by atoms with Gasteiger partial charge in [0, 0.05) is 13.2 Å². The summed E-state index contributed by atoms with van der Waals surface area (Å²) in [7, 11) is 0. The van der Waals surface area contributed by atoms with E-state index in [1.165, 1.54) is 0 Å². The second-order valence-corrected chi connectivity index (χ2v) is 6.25. The van der Waals surface area contributed by atoms with E-state index in [0.29, 0.717) is 19.4 Å². The van der Waals surface area contributed by atoms with Gasteiger partial charge in [-0.25, -0.2) is 4.79 Å². The Balaban J connectivity index is 1.53. The quantitative estimate of drug-likeness (QED) is 0.494. The third-order valence-corrected chi connectivity index (χ3v) is 4.14. The topological polar surface area (TPSA) is 117 Å². The average molecular weight is 369 g/mol. The van der Waals surface area contributed by atoms with Gasteiger partial charge in [0.1, 0.15) is 24.9 Å². The van der Waals surface area contributed by atoms with Crippen molar-refractivity contribution in [3.05, 3.63) is 35.9 Å². The number of amides is 1. The van der Waals surface area contributed by atoms with Crippen molar-refractivity contribution >= 4 is 6.09 Å². The van der Waals surface area contributed by atoms with E-state index in [9.17, 15) is 20.1 Å². The van der Waals surface area contributed by atoms with E-state index >= 15 is 0 Å². The Morgan fingerprint density at radius 2 is 1.85 bits per heavy atom. The largest absolute Gasteiger partial charge is 0.445 e. The summed E-state index contributed by atoms with van der Waals surface area (Å²) in [5.41, 5.74) is 0.920. The molecule has 1 aliphatic rings. The molecular weight excluding hydrogens is 342 g/mol. The molecule has 2 rings (SSSR count). The van der Waals surface area contributed by atoms with Gasteiger partial charge in [0.15, 0.2) is 6.29 Å². The van der Waals surface area contributed by atoms with Gasteiger partial charge in [-0.2, -0.15) is 0 Å². The van der Waals surface area contributed by atoms with E-state index in [2.05, 4.69) is 5.32 Å². The number of hydrogen-bond acceptors (Lipinski definition) is 7. The lowest BCUT2D eigenvalue weighted by atomic mass is 10.0. The van der Waals surface area contributed by atoms with Crippen LogP contribution < -0.4 is 5.32 Å². The van der Waals surface area contributed by atoms with E-state index in [0.717, 1.165) is 5.56 Å². The standard InChI is InChI=1S/C18H27NO7/c1-12-14(20)15(21)16(22)17(26-12)24-10-6-5-9-19-18(23)25-11-13-7-3-2-4-8-13/h2-4,7-8,12,14-17,20-22H,5-6,9-11H2,1H3,(H,19,23)/t12-,14-,15+,16-,17-/m1/s1. The minimum Gasteiger partial charge on any atom is -0.445 e. The number of carbonyl (C=O) groups excluding carboxylic acids is 1. The minimum atomic E-state index is -1.30. The molecule has 0 aliphatic carbocycles. The van der Waals surface area contributed by atoms with Crippen molar-refractivity contribution in [1.82, 2.24) is 5.32 Å². The molecule has 0 saturated carbocycles. The molecule has 1 saturated heterocycles. The molecule has 26 heavy (non-hydrogen) atoms. The van der Waals surface area contributed by atoms with Crippen LogP contribution in [0.2, 0.25) is 0 Å². The smallest absolute Gasteiger partial charge is 0.407 e. The van der Waals surface area contributed by atoms with Crippen LogP contribution in [0.5, 0.6) is 0 Å². The van der Waals surface area contributed by atoms with Crippen molar-refractivity contribution in [2.75, 3.05) is 13.2 Å². The molecule has 0 aromatic heterocycles. The SMILES string of the molecule is C[C@H]1O[C@@H](OCCCCNC(=O)OCc2ccccc2)[C@H](O)[C@@H](O)[C@@H]1O. The van der Waals surface area contributed by atoms with Crippen molar-refractivity contribution < 1.29 is 34.3 Å². The maximum absolute atomic E-state index is 11.6. The summed E-state index contributed by atoms with van der Waals surface area (Å²) >= 11 is 0. The highest BCUT2D eigenvalue weighted by Crippen LogP contribution is 2.21. The summed E-state index contributed by atoms with van der Waals surface area (Å²) in [5.74, 6) is 0. The van der Waals surface area contributed by atoms with Crippen LogP contribution >= 0.6 is 0 Å². The molecule has 0 bridgehead atoms. The van der Waals surface area contributed by atoms with Crippen molar-refractivity contribution in [2.45, 2.75) is 57.1 Å². The first kappa shape index (κ1) is 20.6. The van der Waals surface area contributed by atoms with Gasteiger partial charge < -0.3 is 34.8 Å². The maximum atomic E-state index is 11.6. The Bertz CT molecular complexity index is 542. The van der Waals surface area contributed by atoms with Gasteiger partial charge in [-0.15, -0.1) is 0 Å². The van der Waals surface area contributed by atoms with Gasteiger partial charge in [0.2, 0.25) is 0 Å². The Hall–Kier alpha value is -1.71. The summed E-state index contributed by atoms with van der Waals surface area (Å²) in [6.45, 7) is 2.54. The molecule has 8 nitrogen and oxygen atoms in total. The van der Waals surface area contributed by atoms with Crippen molar-refractivity contribution in [3.63, 3.8) is 0 Å². The first-order chi connectivity index (χ1) is 12.5. The van der Waals surface area contributed by atoms with E-state index < -0.39 is 36.8 Å². The van der Waals surface area contributed by atoms with Crippen LogP contribution in [0, 0.1) is 0 Å². The highest BCUT2D eigenvalue weighted by molar-refractivity contribution is 5.67. The number of nitrogens with one attached hydrogen (secondary N) is 1. The number of benzene rings is 1. The lowest BCUT2D eigenvalue weighted by molar-refractivity contribution is -0.293. The van der Waals surface area contributed by atoms with Crippen molar-refractivity contribution in [1.29, 1.82) is 0 Å². The van der Waals surface area contributed by atoms with Gasteiger partial charge in [-0.3, -0.25) is 0 Å². The average Bonchev–Trinajstić information content (AvgIpc) is 2.65. The highest BCUT2D eigenvalue weighted by Gasteiger charge is 2.42. The predicted octanol–water partition coefficient (Wildman–Crippen LogP) is 0.537. The molecule has 0 radical (unpaired) electrons. The Labute approximate surface area is 152 Å². The lowest BCUT2D eigenvalue weighted by Crippen LogP contribution is -2.57. The molecule has 0 unspecified atom stereocenters. The molecule has 1 heterocycles. The number of unbranched alkanes of at least 4 members (excludes halogenated alkanes) is 1. The molecule has 8 heteroatoms. The van der Waals surface area contributed by atoms with Crippen LogP contribution in [0.15, 0.2) is 30.3 Å². The molecule has 146 valence electrons. The fourth-order valence-electron chi connectivity index (χ4n) is 2.54. The summed E-state index contributed by atoms with van der Waals surface area (Å²) in [6, 6.07) is 9.41. The van der Waals surface area contributed by atoms with Crippen LogP contribution in [0.4, 0.5) is 4.79 Å². The summed E-state index contributed by atoms with van der Waals surface area (Å²) in [4.78, 5) is 11.6. The number of aliphatic hydroxyl groups excluding tert-OH is 3. The van der Waals surface area contributed by atoms with Gasteiger partial charge in [0.05, 0.1) is 6.10 Å². The molecule has 5 atom stereocenters. The number of ether oxygens (including phenoxy) is 3. The zero-order valence-corrected chi connectivity index (χ0v) is 14.8. The van der Waals surface area contributed by atoms with Crippen molar-refractivity contribution in [2.24, 2.45) is 0 Å². The first-order valence-electron chi connectivity index (χ1n) is 8.75. The molecule has 4 N–H and O–H groups in total. The second kappa shape index (κ2) is 10.4. The predicted molar refractivity (Wildman–Crippen MR) is 92.2 cm³/mol. The number of carbonyl (C=O) groups is 1. The van der Waals surface area contributed by atoms with E-state index in [-0.39, 0.29) is 13.2 Å². The minimum absolute atomic E-state index is 0.221. The zero-order valence-electron chi connectivity index (χ0n) is 14.8. The normalized spacial score (nSPS) is 28.5. The molecule has 1 aliphatic heterocycles. The third-order valence-electron chi connectivity index (χ3n) is 4.14. The van der Waals surface area contributed by atoms with Gasteiger partial charge in [-0.1, -0.05) is 30.3 Å². The Morgan fingerprint density at radius 3 is 2.58 bits per heavy atom. The Morgan fingerprint density at radius 1 is 1.12 bits per heavy atom. The number of rotatable bonds is 8. The van der Waals surface area contributed by atoms with Crippen molar-refractivity contribution in [3.8, 4) is 0 Å². The van der Waals surface area contributed by atoms with Crippen LogP contribution in [0.25, 0.3) is 0 Å². The van der Waals surface area contributed by atoms with Gasteiger partial charge in [-0.05, 0) is 25.3 Å². The number of aliphatic hydroxyl groups is 3. The Kier molecular flexibility index (Phi) is 8.27. The van der Waals surface area contributed by atoms with Gasteiger partial charge >= 0.3 is 6.09 Å². The number of alkyl carbamates (subject to hydrolysis) is 1. The highest BCUT2D eigenvalue weighted by atomic mass is 16.7. The first-order valence-corrected chi connectivity index (χ1v) is 8.75. The lowest BCUT2D eigenvalue weighted by Gasteiger charge is -2.38. The zero-order chi connectivity index (χ0) is 18.9. The van der Waals surface area contributed by atoms with Crippen LogP contribution in [0.1, 0.15) is 25.3 Å². The maximum Gasteiger partial charge on any atom is 0.407 e. The van der Waals surface area contributed by atoms with E-state index in [1.54, 1.807) is 6.92 Å². The number of hydrogen-bond donors (Lipinski definition) is 4. The molecule has 1 fully saturated rings. The fraction of sp³-hybridized carbons (Fsp3) is 0.611. The van der Waals surface area contributed by atoms with Crippen LogP contribution in [-0.2, 0) is 20.8 Å². The van der Waals surface area contributed by atoms with E-state index in [4.69, 9.17) is 14.2 Å². The summed E-state index contributed by atoms with van der Waals surface area (Å²) < 4.78 is 15.8. The van der Waals surface area contributed by atoms with Gasteiger partial charge in [0.25, 0.3) is 0 Å².